The Hall–Kier alpha value is -1.27. The van der Waals surface area contributed by atoms with Crippen LogP contribution < -0.4 is 0 Å². The van der Waals surface area contributed by atoms with Crippen molar-refractivity contribution in [3.8, 4) is 0 Å². The van der Waals surface area contributed by atoms with Gasteiger partial charge in [-0.3, -0.25) is 13.7 Å². The lowest BCUT2D eigenvalue weighted by Crippen LogP contribution is -2.35. The Kier molecular flexibility index (Phi) is 5.52. The Morgan fingerprint density at radius 3 is 2.59 bits per heavy atom. The fourth-order valence-electron chi connectivity index (χ4n) is 2.74. The van der Waals surface area contributed by atoms with E-state index in [0.29, 0.717) is 16.9 Å². The average Bonchev–Trinajstić information content (AvgIpc) is 3.07. The highest BCUT2D eigenvalue weighted by molar-refractivity contribution is 7.51. The van der Waals surface area contributed by atoms with E-state index in [1.54, 1.807) is 6.92 Å². The molecule has 0 aliphatic carbocycles. The van der Waals surface area contributed by atoms with Crippen LogP contribution in [0.2, 0.25) is 0 Å². The molecule has 5 unspecified atom stereocenters. The van der Waals surface area contributed by atoms with Crippen molar-refractivity contribution in [2.24, 2.45) is 0 Å². The Balaban J connectivity index is 1.93. The summed E-state index contributed by atoms with van der Waals surface area (Å²) in [7, 11) is -8.88. The molecule has 0 saturated carbocycles. The summed E-state index contributed by atoms with van der Waals surface area (Å²) in [5.74, 6) is 0. The van der Waals surface area contributed by atoms with E-state index in [1.165, 1.54) is 17.2 Å². The lowest BCUT2D eigenvalue weighted by molar-refractivity contribution is -0.0481. The number of fused-ring (bicyclic) bond motifs is 1. The van der Waals surface area contributed by atoms with E-state index < -0.39 is 46.6 Å². The van der Waals surface area contributed by atoms with Gasteiger partial charge in [0.15, 0.2) is 11.9 Å². The van der Waals surface area contributed by atoms with E-state index in [9.17, 15) is 19.1 Å². The number of nitrogens with zero attached hydrogens (tertiary/aromatic N) is 4. The third-order valence-corrected chi connectivity index (χ3v) is 5.01. The van der Waals surface area contributed by atoms with Crippen molar-refractivity contribution in [3.05, 3.63) is 18.3 Å². The summed E-state index contributed by atoms with van der Waals surface area (Å²) < 4.78 is 39.0. The second-order valence-corrected chi connectivity index (χ2v) is 9.05. The molecule has 13 nitrogen and oxygen atoms in total. The molecule has 1 aliphatic rings. The molecule has 0 aromatic carbocycles. The molecular formula is C12H18N4O9P2. The van der Waals surface area contributed by atoms with Gasteiger partial charge in [-0.2, -0.15) is 0 Å². The molecule has 1 saturated heterocycles. The monoisotopic (exact) mass is 424 g/mol. The molecule has 150 valence electrons. The zero-order valence-corrected chi connectivity index (χ0v) is 16.0. The van der Waals surface area contributed by atoms with Gasteiger partial charge in [0.05, 0.1) is 18.6 Å². The quantitative estimate of drug-likeness (QED) is 0.444. The molecule has 2 aromatic rings. The molecule has 2 aromatic heterocycles. The first-order valence-electron chi connectivity index (χ1n) is 7.63. The Labute approximate surface area is 152 Å². The van der Waals surface area contributed by atoms with Crippen LogP contribution in [0.4, 0.5) is 0 Å². The van der Waals surface area contributed by atoms with Gasteiger partial charge in [-0.25, -0.2) is 19.5 Å². The van der Waals surface area contributed by atoms with Gasteiger partial charge in [-0.1, -0.05) is 0 Å². The van der Waals surface area contributed by atoms with Crippen LogP contribution in [-0.2, 0) is 22.9 Å². The summed E-state index contributed by atoms with van der Waals surface area (Å²) >= 11 is 0. The van der Waals surface area contributed by atoms with E-state index in [2.05, 4.69) is 19.5 Å². The molecule has 1 fully saturated rings. The number of rotatable bonds is 6. The molecule has 3 rings (SSSR count). The summed E-state index contributed by atoms with van der Waals surface area (Å²) in [6.07, 6.45) is -2.87. The van der Waals surface area contributed by atoms with Crippen molar-refractivity contribution in [2.45, 2.75) is 31.5 Å². The van der Waals surface area contributed by atoms with E-state index in [4.69, 9.17) is 19.0 Å². The minimum Gasteiger partial charge on any atom is -0.386 e. The number of hydrogen-bond acceptors (Lipinski definition) is 9. The van der Waals surface area contributed by atoms with Crippen LogP contribution in [0.15, 0.2) is 12.7 Å². The predicted octanol–water partition coefficient (Wildman–Crippen LogP) is -0.297. The van der Waals surface area contributed by atoms with Gasteiger partial charge in [-0.15, -0.1) is 0 Å². The van der Waals surface area contributed by atoms with Crippen LogP contribution in [-0.4, -0.2) is 70.9 Å². The first-order valence-corrected chi connectivity index (χ1v) is 11.2. The Morgan fingerprint density at radius 1 is 1.26 bits per heavy atom. The van der Waals surface area contributed by atoms with E-state index in [0.717, 1.165) is 6.66 Å². The number of ether oxygens (including phenoxy) is 1. The first-order chi connectivity index (χ1) is 12.5. The van der Waals surface area contributed by atoms with Crippen molar-refractivity contribution in [1.29, 1.82) is 0 Å². The summed E-state index contributed by atoms with van der Waals surface area (Å²) in [5.41, 5.74) is 1.36. The van der Waals surface area contributed by atoms with E-state index in [-0.39, 0.29) is 0 Å². The maximum Gasteiger partial charge on any atom is 0.470 e. The lowest BCUT2D eigenvalue weighted by atomic mass is 10.1. The standard InChI is InChI=1S/C12H18N4O9P2/c1-6-8-11(14-4-13-6)16(5-15-8)12-9(17)10(25-27(20,21)22)7(24-12)3-23-26(2,18)19/h4-5,7,9-10,12,17H,3H2,1-2H3,(H,18,19)(H2,20,21,22). The molecule has 3 heterocycles. The van der Waals surface area contributed by atoms with Crippen LogP contribution in [0.3, 0.4) is 0 Å². The van der Waals surface area contributed by atoms with Crippen LogP contribution in [0.5, 0.6) is 0 Å². The molecule has 15 heteroatoms. The molecule has 4 N–H and O–H groups in total. The molecule has 0 amide bonds. The number of aryl methyl sites for hydroxylation is 1. The van der Waals surface area contributed by atoms with E-state index in [1.807, 2.05) is 0 Å². The smallest absolute Gasteiger partial charge is 0.386 e. The van der Waals surface area contributed by atoms with Gasteiger partial charge in [0.2, 0.25) is 0 Å². The molecule has 1 aliphatic heterocycles. The highest BCUT2D eigenvalue weighted by atomic mass is 31.2. The van der Waals surface area contributed by atoms with Crippen LogP contribution >= 0.6 is 15.4 Å². The number of imidazole rings is 1. The van der Waals surface area contributed by atoms with Gasteiger partial charge >= 0.3 is 15.4 Å². The zero-order chi connectivity index (χ0) is 20.0. The largest absolute Gasteiger partial charge is 0.470 e. The van der Waals surface area contributed by atoms with Crippen LogP contribution in [0, 0.1) is 6.92 Å². The molecule has 27 heavy (non-hydrogen) atoms. The van der Waals surface area contributed by atoms with Gasteiger partial charge in [0.25, 0.3) is 0 Å². The second kappa shape index (κ2) is 7.28. The van der Waals surface area contributed by atoms with Gasteiger partial charge in [0.1, 0.15) is 30.2 Å². The van der Waals surface area contributed by atoms with Gasteiger partial charge < -0.3 is 29.0 Å². The number of aliphatic hydroxyl groups is 1. The molecular weight excluding hydrogens is 406 g/mol. The van der Waals surface area contributed by atoms with Crippen LogP contribution in [0.25, 0.3) is 11.2 Å². The van der Waals surface area contributed by atoms with Gasteiger partial charge in [0, 0.05) is 6.66 Å². The third-order valence-electron chi connectivity index (χ3n) is 3.86. The predicted molar refractivity (Wildman–Crippen MR) is 88.6 cm³/mol. The van der Waals surface area contributed by atoms with Crippen molar-refractivity contribution in [1.82, 2.24) is 19.5 Å². The fourth-order valence-corrected chi connectivity index (χ4v) is 3.74. The highest BCUT2D eigenvalue weighted by Crippen LogP contribution is 2.45. The van der Waals surface area contributed by atoms with Crippen molar-refractivity contribution < 1.29 is 42.7 Å². The molecule has 0 bridgehead atoms. The maximum atomic E-state index is 11.4. The minimum atomic E-state index is -4.99. The fraction of sp³-hybridized carbons (Fsp3) is 0.583. The zero-order valence-electron chi connectivity index (χ0n) is 14.2. The molecule has 0 radical (unpaired) electrons. The van der Waals surface area contributed by atoms with Crippen LogP contribution in [0.1, 0.15) is 11.9 Å². The van der Waals surface area contributed by atoms with E-state index >= 15 is 0 Å². The third kappa shape index (κ3) is 4.60. The summed E-state index contributed by atoms with van der Waals surface area (Å²) in [5, 5.41) is 10.5. The molecule has 0 spiro atoms. The highest BCUT2D eigenvalue weighted by Gasteiger charge is 2.49. The number of phosphoric acid groups is 1. The number of aliphatic hydroxyl groups excluding tert-OH is 1. The first kappa shape index (κ1) is 20.5. The second-order valence-electron chi connectivity index (χ2n) is 6.00. The topological polar surface area (TPSA) is 186 Å². The maximum absolute atomic E-state index is 11.4. The summed E-state index contributed by atoms with van der Waals surface area (Å²) in [4.78, 5) is 39.7. The van der Waals surface area contributed by atoms with Gasteiger partial charge in [-0.05, 0) is 6.92 Å². The van der Waals surface area contributed by atoms with Crippen molar-refractivity contribution in [3.63, 3.8) is 0 Å². The summed E-state index contributed by atoms with van der Waals surface area (Å²) in [6.45, 7) is 2.12. The van der Waals surface area contributed by atoms with Crippen molar-refractivity contribution in [2.75, 3.05) is 13.3 Å². The normalized spacial score (nSPS) is 28.5. The minimum absolute atomic E-state index is 0.325. The lowest BCUT2D eigenvalue weighted by Gasteiger charge is -2.21. The number of phosphoric ester groups is 1. The molecule has 5 atom stereocenters. The number of aromatic nitrogens is 4. The Morgan fingerprint density at radius 2 is 1.96 bits per heavy atom. The average molecular weight is 424 g/mol. The van der Waals surface area contributed by atoms with Crippen molar-refractivity contribution >= 4 is 26.6 Å². The Bertz CT molecular complexity index is 925. The summed E-state index contributed by atoms with van der Waals surface area (Å²) in [6, 6.07) is 0. The number of hydrogen-bond donors (Lipinski definition) is 4. The SMILES string of the molecule is Cc1ncnc2c1ncn2C1OC(COP(C)(=O)O)C(OP(=O)(O)O)C1O.